The van der Waals surface area contributed by atoms with Crippen molar-refractivity contribution in [3.8, 4) is 11.9 Å². The molecule has 0 radical (unpaired) electrons. The van der Waals surface area contributed by atoms with Crippen LogP contribution in [0.25, 0.3) is 16.9 Å². The van der Waals surface area contributed by atoms with E-state index in [0.29, 0.717) is 45.3 Å². The number of pyridine rings is 1. The van der Waals surface area contributed by atoms with E-state index in [1.54, 1.807) is 23.0 Å². The summed E-state index contributed by atoms with van der Waals surface area (Å²) in [6, 6.07) is 9.30. The zero-order valence-electron chi connectivity index (χ0n) is 16.1. The molecule has 1 atom stereocenters. The summed E-state index contributed by atoms with van der Waals surface area (Å²) in [7, 11) is 0. The van der Waals surface area contributed by atoms with Gasteiger partial charge in [-0.25, -0.2) is 9.97 Å². The van der Waals surface area contributed by atoms with Gasteiger partial charge in [-0.15, -0.1) is 0 Å². The largest absolute Gasteiger partial charge is 0.422 e. The summed E-state index contributed by atoms with van der Waals surface area (Å²) >= 11 is 6.37. The minimum absolute atomic E-state index is 0.290. The molecule has 0 saturated carbocycles. The van der Waals surface area contributed by atoms with Crippen LogP contribution in [-0.4, -0.2) is 24.7 Å². The van der Waals surface area contributed by atoms with Gasteiger partial charge in [0.1, 0.15) is 11.8 Å². The van der Waals surface area contributed by atoms with Crippen molar-refractivity contribution in [3.05, 3.63) is 58.8 Å². The number of halogens is 1. The van der Waals surface area contributed by atoms with Crippen LogP contribution >= 0.6 is 11.6 Å². The van der Waals surface area contributed by atoms with Gasteiger partial charge in [0.2, 0.25) is 0 Å². The van der Waals surface area contributed by atoms with Crippen LogP contribution < -0.4 is 5.32 Å². The first kappa shape index (κ1) is 18.9. The Labute approximate surface area is 172 Å². The lowest BCUT2D eigenvalue weighted by atomic mass is 10.0. The molecular formula is C20H18ClN7O. The molecule has 4 aromatic rings. The van der Waals surface area contributed by atoms with Crippen LogP contribution in [0.1, 0.15) is 49.7 Å². The van der Waals surface area contributed by atoms with Crippen molar-refractivity contribution in [2.24, 2.45) is 0 Å². The maximum atomic E-state index is 9.11. The Hall–Kier alpha value is -3.44. The third-order valence-corrected chi connectivity index (χ3v) is 4.81. The van der Waals surface area contributed by atoms with Crippen LogP contribution in [0.15, 0.2) is 41.2 Å². The Morgan fingerprint density at radius 2 is 2.03 bits per heavy atom. The SMILES string of the molecule is CC(C)c1cc(Cl)c2oc(N[C@@H](C)c3ncnn3-c3cc(C#N)ccn3)nc2c1. The minimum atomic E-state index is -0.290. The molecule has 0 spiro atoms. The number of nitriles is 1. The summed E-state index contributed by atoms with van der Waals surface area (Å²) in [5.41, 5.74) is 2.82. The minimum Gasteiger partial charge on any atom is -0.422 e. The maximum Gasteiger partial charge on any atom is 0.296 e. The fourth-order valence-corrected chi connectivity index (χ4v) is 3.24. The highest BCUT2D eigenvalue weighted by Gasteiger charge is 2.19. The van der Waals surface area contributed by atoms with E-state index >= 15 is 0 Å². The van der Waals surface area contributed by atoms with Gasteiger partial charge < -0.3 is 9.73 Å². The molecule has 0 aliphatic rings. The van der Waals surface area contributed by atoms with E-state index in [2.05, 4.69) is 45.3 Å². The Bertz CT molecular complexity index is 1220. The van der Waals surface area contributed by atoms with Gasteiger partial charge in [0, 0.05) is 12.3 Å². The third kappa shape index (κ3) is 3.65. The molecule has 3 heterocycles. The molecule has 0 aliphatic carbocycles. The number of nitrogens with one attached hydrogen (secondary N) is 1. The van der Waals surface area contributed by atoms with Crippen LogP contribution in [0, 0.1) is 11.3 Å². The lowest BCUT2D eigenvalue weighted by Crippen LogP contribution is -2.14. The second-order valence-corrected chi connectivity index (χ2v) is 7.34. The number of nitrogens with zero attached hydrogens (tertiary/aromatic N) is 6. The molecule has 9 heteroatoms. The first-order valence-corrected chi connectivity index (χ1v) is 9.47. The number of aromatic nitrogens is 5. The molecule has 0 aliphatic heterocycles. The normalized spacial score (nSPS) is 12.3. The van der Waals surface area contributed by atoms with Gasteiger partial charge in [-0.3, -0.25) is 0 Å². The predicted molar refractivity (Wildman–Crippen MR) is 109 cm³/mol. The molecular weight excluding hydrogens is 390 g/mol. The number of oxazole rings is 1. The molecule has 29 heavy (non-hydrogen) atoms. The standard InChI is InChI=1S/C20H18ClN7O/c1-11(2)14-7-15(21)18-16(8-14)27-20(29-18)26-12(3)19-24-10-25-28(19)17-6-13(9-22)4-5-23-17/h4-8,10-12H,1-3H3,(H,26,27)/t12-/m0/s1. The zero-order valence-corrected chi connectivity index (χ0v) is 16.8. The van der Waals surface area contributed by atoms with Crippen molar-refractivity contribution in [2.75, 3.05) is 5.32 Å². The highest BCUT2D eigenvalue weighted by Crippen LogP contribution is 2.31. The summed E-state index contributed by atoms with van der Waals surface area (Å²) in [5.74, 6) is 1.44. The van der Waals surface area contributed by atoms with Crippen LogP contribution in [0.2, 0.25) is 5.02 Å². The third-order valence-electron chi connectivity index (χ3n) is 4.53. The van der Waals surface area contributed by atoms with E-state index in [0.717, 1.165) is 5.56 Å². The van der Waals surface area contributed by atoms with E-state index in [9.17, 15) is 0 Å². The van der Waals surface area contributed by atoms with Gasteiger partial charge in [0.15, 0.2) is 17.2 Å². The Morgan fingerprint density at radius 3 is 2.79 bits per heavy atom. The summed E-state index contributed by atoms with van der Waals surface area (Å²) in [6.07, 6.45) is 3.00. The van der Waals surface area contributed by atoms with Crippen molar-refractivity contribution in [1.29, 1.82) is 5.26 Å². The summed E-state index contributed by atoms with van der Waals surface area (Å²) in [6.45, 7) is 6.10. The molecule has 3 aromatic heterocycles. The number of hydrogen-bond donors (Lipinski definition) is 1. The van der Waals surface area contributed by atoms with Crippen LogP contribution in [0.3, 0.4) is 0 Å². The van der Waals surface area contributed by atoms with E-state index in [1.165, 1.54) is 6.33 Å². The maximum absolute atomic E-state index is 9.11. The highest BCUT2D eigenvalue weighted by atomic mass is 35.5. The van der Waals surface area contributed by atoms with E-state index < -0.39 is 0 Å². The molecule has 4 rings (SSSR count). The molecule has 0 amide bonds. The summed E-state index contributed by atoms with van der Waals surface area (Å²) < 4.78 is 7.39. The van der Waals surface area contributed by atoms with Crippen LogP contribution in [0.5, 0.6) is 0 Å². The summed E-state index contributed by atoms with van der Waals surface area (Å²) in [5, 5.41) is 17.1. The van der Waals surface area contributed by atoms with Gasteiger partial charge in [0.25, 0.3) is 6.01 Å². The first-order chi connectivity index (χ1) is 14.0. The lowest BCUT2D eigenvalue weighted by molar-refractivity contribution is 0.594. The molecule has 0 saturated heterocycles. The number of anilines is 1. The quantitative estimate of drug-likeness (QED) is 0.514. The number of benzene rings is 1. The van der Waals surface area contributed by atoms with Crippen molar-refractivity contribution >= 4 is 28.7 Å². The molecule has 1 N–H and O–H groups in total. The van der Waals surface area contributed by atoms with Gasteiger partial charge in [-0.2, -0.15) is 20.0 Å². The zero-order chi connectivity index (χ0) is 20.5. The van der Waals surface area contributed by atoms with E-state index in [-0.39, 0.29) is 6.04 Å². The number of fused-ring (bicyclic) bond motifs is 1. The van der Waals surface area contributed by atoms with Gasteiger partial charge in [-0.1, -0.05) is 25.4 Å². The Kier molecular flexibility index (Phi) is 4.91. The fourth-order valence-electron chi connectivity index (χ4n) is 2.98. The monoisotopic (exact) mass is 407 g/mol. The highest BCUT2D eigenvalue weighted by molar-refractivity contribution is 6.34. The number of hydrogen-bond acceptors (Lipinski definition) is 7. The lowest BCUT2D eigenvalue weighted by Gasteiger charge is -2.12. The van der Waals surface area contributed by atoms with Gasteiger partial charge >= 0.3 is 0 Å². The van der Waals surface area contributed by atoms with Crippen LogP contribution in [0.4, 0.5) is 6.01 Å². The van der Waals surface area contributed by atoms with Gasteiger partial charge in [-0.05, 0) is 36.6 Å². The second-order valence-electron chi connectivity index (χ2n) is 6.94. The van der Waals surface area contributed by atoms with E-state index in [4.69, 9.17) is 21.3 Å². The van der Waals surface area contributed by atoms with Crippen molar-refractivity contribution < 1.29 is 4.42 Å². The molecule has 8 nitrogen and oxygen atoms in total. The van der Waals surface area contributed by atoms with Gasteiger partial charge in [0.05, 0.1) is 22.7 Å². The second kappa shape index (κ2) is 7.53. The molecule has 146 valence electrons. The molecule has 0 unspecified atom stereocenters. The van der Waals surface area contributed by atoms with Crippen molar-refractivity contribution in [2.45, 2.75) is 32.7 Å². The average Bonchev–Trinajstić information content (AvgIpc) is 3.35. The van der Waals surface area contributed by atoms with Crippen molar-refractivity contribution in [1.82, 2.24) is 24.7 Å². The predicted octanol–water partition coefficient (Wildman–Crippen LogP) is 4.63. The van der Waals surface area contributed by atoms with Crippen LogP contribution in [-0.2, 0) is 0 Å². The smallest absolute Gasteiger partial charge is 0.296 e. The summed E-state index contributed by atoms with van der Waals surface area (Å²) in [4.78, 5) is 13.1. The fraction of sp³-hybridized carbons (Fsp3) is 0.250. The molecule has 0 bridgehead atoms. The number of rotatable bonds is 5. The Morgan fingerprint density at radius 1 is 1.21 bits per heavy atom. The van der Waals surface area contributed by atoms with E-state index in [1.807, 2.05) is 19.1 Å². The molecule has 1 aromatic carbocycles. The average molecular weight is 408 g/mol. The first-order valence-electron chi connectivity index (χ1n) is 9.09. The topological polar surface area (TPSA) is 105 Å². The molecule has 0 fully saturated rings. The Balaban J connectivity index is 1.64. The van der Waals surface area contributed by atoms with Crippen molar-refractivity contribution in [3.63, 3.8) is 0 Å².